The topological polar surface area (TPSA) is 59.6 Å². The molecule has 0 bridgehead atoms. The molecule has 0 spiro atoms. The summed E-state index contributed by atoms with van der Waals surface area (Å²) in [5, 5.41) is 5.92. The van der Waals surface area contributed by atoms with Crippen molar-refractivity contribution in [2.45, 2.75) is 43.2 Å². The zero-order chi connectivity index (χ0) is 17.0. The Hall–Kier alpha value is -1.66. The van der Waals surface area contributed by atoms with Crippen LogP contribution >= 0.6 is 0 Å². The lowest BCUT2D eigenvalue weighted by Crippen LogP contribution is -2.55. The largest absolute Gasteiger partial charge is 0.379 e. The maximum atomic E-state index is 13.1. The molecule has 1 aliphatic heterocycles. The summed E-state index contributed by atoms with van der Waals surface area (Å²) in [6.07, 6.45) is 3.90. The molecule has 2 amide bonds. The number of amides is 2. The molecular weight excluding hydrogens is 311 g/mol. The highest BCUT2D eigenvalue weighted by Gasteiger charge is 2.39. The van der Waals surface area contributed by atoms with Crippen molar-refractivity contribution in [2.24, 2.45) is 0 Å². The van der Waals surface area contributed by atoms with Gasteiger partial charge in [0, 0.05) is 25.7 Å². The van der Waals surface area contributed by atoms with Gasteiger partial charge < -0.3 is 20.1 Å². The number of carbonyl (C=O) groups is 1. The number of rotatable bonds is 5. The smallest absolute Gasteiger partial charge is 0.315 e. The predicted molar refractivity (Wildman–Crippen MR) is 88.5 cm³/mol. The van der Waals surface area contributed by atoms with Gasteiger partial charge in [-0.2, -0.15) is 0 Å². The van der Waals surface area contributed by atoms with Crippen molar-refractivity contribution < 1.29 is 18.7 Å². The molecular formula is C18H25FN2O3. The average Bonchev–Trinajstić information content (AvgIpc) is 2.56. The fourth-order valence-electron chi connectivity index (χ4n) is 3.58. The van der Waals surface area contributed by atoms with Gasteiger partial charge in [0.05, 0.1) is 18.8 Å². The monoisotopic (exact) mass is 336 g/mol. The molecule has 0 unspecified atom stereocenters. The average molecular weight is 336 g/mol. The molecule has 1 heterocycles. The molecule has 1 saturated heterocycles. The van der Waals surface area contributed by atoms with Gasteiger partial charge >= 0.3 is 6.03 Å². The number of ether oxygens (including phenoxy) is 2. The molecule has 1 aromatic rings. The molecule has 24 heavy (non-hydrogen) atoms. The van der Waals surface area contributed by atoms with Crippen molar-refractivity contribution in [3.8, 4) is 0 Å². The van der Waals surface area contributed by atoms with Crippen LogP contribution in [0.15, 0.2) is 24.3 Å². The second-order valence-electron chi connectivity index (χ2n) is 6.71. The van der Waals surface area contributed by atoms with Gasteiger partial charge in [0.1, 0.15) is 5.82 Å². The zero-order valence-corrected chi connectivity index (χ0v) is 14.0. The van der Waals surface area contributed by atoms with Crippen molar-refractivity contribution in [2.75, 3.05) is 26.9 Å². The molecule has 2 atom stereocenters. The lowest BCUT2D eigenvalue weighted by atomic mass is 9.64. The summed E-state index contributed by atoms with van der Waals surface area (Å²) in [7, 11) is 1.65. The van der Waals surface area contributed by atoms with Gasteiger partial charge in [-0.1, -0.05) is 18.6 Å². The fraction of sp³-hybridized carbons (Fsp3) is 0.611. The predicted octanol–water partition coefficient (Wildman–Crippen LogP) is 2.35. The van der Waals surface area contributed by atoms with Crippen molar-refractivity contribution in [1.29, 1.82) is 0 Å². The Bertz CT molecular complexity index is 560. The summed E-state index contributed by atoms with van der Waals surface area (Å²) in [4.78, 5) is 12.3. The Balaban J connectivity index is 1.55. The molecule has 3 rings (SSSR count). The molecule has 2 N–H and O–H groups in total. The SMILES string of the molecule is CO[C@@H]1CCOC[C@H]1NC(=O)NCC1(c2ccc(F)cc2)CCC1. The van der Waals surface area contributed by atoms with E-state index >= 15 is 0 Å². The van der Waals surface area contributed by atoms with E-state index in [-0.39, 0.29) is 29.4 Å². The lowest BCUT2D eigenvalue weighted by molar-refractivity contribution is -0.0335. The minimum Gasteiger partial charge on any atom is -0.379 e. The Kier molecular flexibility index (Phi) is 5.36. The van der Waals surface area contributed by atoms with E-state index in [0.29, 0.717) is 19.8 Å². The van der Waals surface area contributed by atoms with E-state index in [2.05, 4.69) is 10.6 Å². The van der Waals surface area contributed by atoms with Crippen LogP contribution in [0.5, 0.6) is 0 Å². The number of urea groups is 1. The quantitative estimate of drug-likeness (QED) is 0.868. The molecule has 132 valence electrons. The highest BCUT2D eigenvalue weighted by molar-refractivity contribution is 5.74. The molecule has 1 aromatic carbocycles. The van der Waals surface area contributed by atoms with E-state index in [4.69, 9.17) is 9.47 Å². The van der Waals surface area contributed by atoms with Crippen LogP contribution in [0.25, 0.3) is 0 Å². The van der Waals surface area contributed by atoms with Crippen LogP contribution in [-0.2, 0) is 14.9 Å². The molecule has 0 aromatic heterocycles. The second kappa shape index (κ2) is 7.49. The van der Waals surface area contributed by atoms with Crippen molar-refractivity contribution in [3.05, 3.63) is 35.6 Å². The van der Waals surface area contributed by atoms with E-state index in [1.54, 1.807) is 7.11 Å². The molecule has 2 fully saturated rings. The zero-order valence-electron chi connectivity index (χ0n) is 14.0. The number of hydrogen-bond donors (Lipinski definition) is 2. The Morgan fingerprint density at radius 1 is 1.38 bits per heavy atom. The third-order valence-electron chi connectivity index (χ3n) is 5.27. The summed E-state index contributed by atoms with van der Waals surface area (Å²) < 4.78 is 24.0. The van der Waals surface area contributed by atoms with Crippen LogP contribution in [0.1, 0.15) is 31.2 Å². The summed E-state index contributed by atoms with van der Waals surface area (Å²) in [5.41, 5.74) is 1.01. The van der Waals surface area contributed by atoms with Crippen molar-refractivity contribution >= 4 is 6.03 Å². The maximum Gasteiger partial charge on any atom is 0.315 e. The Morgan fingerprint density at radius 3 is 2.75 bits per heavy atom. The normalized spacial score (nSPS) is 25.6. The summed E-state index contributed by atoms with van der Waals surface area (Å²) in [6.45, 7) is 1.68. The minimum absolute atomic E-state index is 0.0146. The number of methoxy groups -OCH3 is 1. The fourth-order valence-corrected chi connectivity index (χ4v) is 3.58. The maximum absolute atomic E-state index is 13.1. The van der Waals surface area contributed by atoms with Crippen molar-refractivity contribution in [3.63, 3.8) is 0 Å². The van der Waals surface area contributed by atoms with E-state index in [1.807, 2.05) is 12.1 Å². The molecule has 2 aliphatic rings. The van der Waals surface area contributed by atoms with E-state index in [9.17, 15) is 9.18 Å². The second-order valence-corrected chi connectivity index (χ2v) is 6.71. The van der Waals surface area contributed by atoms with Crippen LogP contribution in [0.2, 0.25) is 0 Å². The molecule has 1 aliphatic carbocycles. The number of nitrogens with one attached hydrogen (secondary N) is 2. The van der Waals surface area contributed by atoms with Crippen LogP contribution in [-0.4, -0.2) is 45.0 Å². The first-order valence-corrected chi connectivity index (χ1v) is 8.54. The van der Waals surface area contributed by atoms with Gasteiger partial charge in [-0.05, 0) is 37.0 Å². The first kappa shape index (κ1) is 17.2. The minimum atomic E-state index is -0.234. The van der Waals surface area contributed by atoms with Gasteiger partial charge in [-0.15, -0.1) is 0 Å². The van der Waals surface area contributed by atoms with Gasteiger partial charge in [-0.25, -0.2) is 9.18 Å². The highest BCUT2D eigenvalue weighted by atomic mass is 19.1. The lowest BCUT2D eigenvalue weighted by Gasteiger charge is -2.42. The number of hydrogen-bond acceptors (Lipinski definition) is 3. The molecule has 6 heteroatoms. The van der Waals surface area contributed by atoms with Crippen molar-refractivity contribution in [1.82, 2.24) is 10.6 Å². The summed E-state index contributed by atoms with van der Waals surface area (Å²) in [5.74, 6) is -0.234. The number of benzene rings is 1. The van der Waals surface area contributed by atoms with E-state index in [0.717, 1.165) is 31.2 Å². The third kappa shape index (κ3) is 3.70. The highest BCUT2D eigenvalue weighted by Crippen LogP contribution is 2.43. The van der Waals surface area contributed by atoms with Gasteiger partial charge in [0.25, 0.3) is 0 Å². The summed E-state index contributed by atoms with van der Waals surface area (Å²) >= 11 is 0. The number of carbonyl (C=O) groups excluding carboxylic acids is 1. The van der Waals surface area contributed by atoms with Crippen LogP contribution in [0, 0.1) is 5.82 Å². The molecule has 0 radical (unpaired) electrons. The van der Waals surface area contributed by atoms with Gasteiger partial charge in [-0.3, -0.25) is 0 Å². The Morgan fingerprint density at radius 2 is 2.12 bits per heavy atom. The standard InChI is InChI=1S/C18H25FN2O3/c1-23-16-7-10-24-11-15(16)21-17(22)20-12-18(8-2-9-18)13-3-5-14(19)6-4-13/h3-6,15-16H,2,7-12H2,1H3,(H2,20,21,22)/t15-,16-/m1/s1. The Labute approximate surface area is 141 Å². The van der Waals surface area contributed by atoms with Crippen LogP contribution in [0.3, 0.4) is 0 Å². The summed E-state index contributed by atoms with van der Waals surface area (Å²) in [6, 6.07) is 6.28. The number of halogens is 1. The van der Waals surface area contributed by atoms with Crippen LogP contribution < -0.4 is 10.6 Å². The third-order valence-corrected chi connectivity index (χ3v) is 5.27. The van der Waals surface area contributed by atoms with Gasteiger partial charge in [0.2, 0.25) is 0 Å². The first-order valence-electron chi connectivity index (χ1n) is 8.54. The first-order chi connectivity index (χ1) is 11.6. The molecule has 5 nitrogen and oxygen atoms in total. The van der Waals surface area contributed by atoms with Crippen LogP contribution in [0.4, 0.5) is 9.18 Å². The van der Waals surface area contributed by atoms with E-state index < -0.39 is 0 Å². The van der Waals surface area contributed by atoms with Gasteiger partial charge in [0.15, 0.2) is 0 Å². The van der Waals surface area contributed by atoms with E-state index in [1.165, 1.54) is 12.1 Å². The molecule has 1 saturated carbocycles.